The number of nitrogens with zero attached hydrogens (tertiary/aromatic N) is 3. The molecule has 0 fully saturated rings. The third-order valence-electron chi connectivity index (χ3n) is 4.41. The van der Waals surface area contributed by atoms with Crippen molar-refractivity contribution in [3.05, 3.63) is 77.7 Å². The Bertz CT molecular complexity index is 1000. The second-order valence-electron chi connectivity index (χ2n) is 7.59. The van der Waals surface area contributed by atoms with Crippen LogP contribution < -0.4 is 10.2 Å². The van der Waals surface area contributed by atoms with E-state index in [1.54, 1.807) is 19.5 Å². The first-order chi connectivity index (χ1) is 13.9. The third kappa shape index (κ3) is 5.25. The maximum atomic E-state index is 12.4. The topological polar surface area (TPSA) is 76.5 Å². The summed E-state index contributed by atoms with van der Waals surface area (Å²) in [6.07, 6.45) is 4.62. The van der Waals surface area contributed by atoms with Crippen LogP contribution in [0.5, 0.6) is 5.75 Å². The number of nitrogens with one attached hydrogen (secondary N) is 1. The number of carbonyl (C=O) groups is 1. The van der Waals surface area contributed by atoms with Crippen LogP contribution in [-0.2, 0) is 5.41 Å². The smallest absolute Gasteiger partial charge is 0.291 e. The van der Waals surface area contributed by atoms with E-state index in [-0.39, 0.29) is 11.1 Å². The number of hydrogen-bond acceptors (Lipinski definition) is 5. The Kier molecular flexibility index (Phi) is 6.02. The number of benzene rings is 2. The van der Waals surface area contributed by atoms with E-state index in [1.165, 1.54) is 11.8 Å². The molecule has 1 aromatic heterocycles. The lowest BCUT2D eigenvalue weighted by Gasteiger charge is -2.18. The molecule has 0 radical (unpaired) electrons. The molecule has 1 N–H and O–H groups in total. The number of rotatable bonds is 5. The standard InChI is InChI=1S/C23H24N4O2/c1-23(2,3)18-9-5-16(6-10-18)13-25-27-22(28)21-15-24-14-20(26-21)17-7-11-19(29-4)12-8-17/h5-15H,1-4H3,(H,27,28)/b25-13+. The second kappa shape index (κ2) is 8.65. The van der Waals surface area contributed by atoms with E-state index < -0.39 is 5.91 Å². The number of ether oxygens (including phenoxy) is 1. The molecular formula is C23H24N4O2. The molecule has 0 unspecified atom stereocenters. The lowest BCUT2D eigenvalue weighted by molar-refractivity contribution is 0.0950. The average molecular weight is 388 g/mol. The van der Waals surface area contributed by atoms with Gasteiger partial charge < -0.3 is 4.74 Å². The van der Waals surface area contributed by atoms with E-state index in [1.807, 2.05) is 36.4 Å². The number of carbonyl (C=O) groups excluding carboxylic acids is 1. The summed E-state index contributed by atoms with van der Waals surface area (Å²) in [7, 11) is 1.61. The zero-order valence-electron chi connectivity index (χ0n) is 17.0. The lowest BCUT2D eigenvalue weighted by Crippen LogP contribution is -2.19. The minimum atomic E-state index is -0.421. The lowest BCUT2D eigenvalue weighted by atomic mass is 9.87. The van der Waals surface area contributed by atoms with Crippen molar-refractivity contribution in [1.29, 1.82) is 0 Å². The van der Waals surface area contributed by atoms with Crippen LogP contribution in [-0.4, -0.2) is 29.2 Å². The van der Waals surface area contributed by atoms with E-state index in [4.69, 9.17) is 4.74 Å². The van der Waals surface area contributed by atoms with Crippen LogP contribution >= 0.6 is 0 Å². The van der Waals surface area contributed by atoms with Crippen molar-refractivity contribution < 1.29 is 9.53 Å². The maximum absolute atomic E-state index is 12.4. The van der Waals surface area contributed by atoms with Gasteiger partial charge in [0.05, 0.1) is 31.4 Å². The van der Waals surface area contributed by atoms with Crippen LogP contribution in [0.25, 0.3) is 11.3 Å². The van der Waals surface area contributed by atoms with Crippen molar-refractivity contribution in [2.75, 3.05) is 7.11 Å². The Labute approximate surface area is 170 Å². The van der Waals surface area contributed by atoms with Gasteiger partial charge in [-0.15, -0.1) is 0 Å². The van der Waals surface area contributed by atoms with Gasteiger partial charge in [0.1, 0.15) is 11.4 Å². The number of amides is 1. The molecule has 0 bridgehead atoms. The van der Waals surface area contributed by atoms with E-state index in [9.17, 15) is 4.79 Å². The zero-order chi connectivity index (χ0) is 20.9. The summed E-state index contributed by atoms with van der Waals surface area (Å²) in [5.74, 6) is 0.330. The third-order valence-corrected chi connectivity index (χ3v) is 4.41. The monoisotopic (exact) mass is 388 g/mol. The van der Waals surface area contributed by atoms with Crippen molar-refractivity contribution >= 4 is 12.1 Å². The number of hydrogen-bond donors (Lipinski definition) is 1. The van der Waals surface area contributed by atoms with Gasteiger partial charge in [-0.05, 0) is 40.8 Å². The normalized spacial score (nSPS) is 11.4. The molecule has 6 heteroatoms. The molecule has 3 aromatic rings. The van der Waals surface area contributed by atoms with Gasteiger partial charge >= 0.3 is 0 Å². The van der Waals surface area contributed by atoms with Crippen molar-refractivity contribution in [3.8, 4) is 17.0 Å². The van der Waals surface area contributed by atoms with Crippen molar-refractivity contribution in [2.24, 2.45) is 5.10 Å². The predicted molar refractivity (Wildman–Crippen MR) is 114 cm³/mol. The van der Waals surface area contributed by atoms with Crippen LogP contribution in [0.4, 0.5) is 0 Å². The first-order valence-electron chi connectivity index (χ1n) is 9.27. The zero-order valence-corrected chi connectivity index (χ0v) is 17.0. The van der Waals surface area contributed by atoms with Gasteiger partial charge in [-0.3, -0.25) is 9.78 Å². The van der Waals surface area contributed by atoms with Crippen molar-refractivity contribution in [2.45, 2.75) is 26.2 Å². The highest BCUT2D eigenvalue weighted by Crippen LogP contribution is 2.22. The van der Waals surface area contributed by atoms with E-state index >= 15 is 0 Å². The molecule has 0 aliphatic carbocycles. The molecule has 0 saturated heterocycles. The summed E-state index contributed by atoms with van der Waals surface area (Å²) in [4.78, 5) is 20.8. The molecule has 0 saturated carbocycles. The molecule has 6 nitrogen and oxygen atoms in total. The summed E-state index contributed by atoms with van der Waals surface area (Å²) in [6.45, 7) is 6.49. The van der Waals surface area contributed by atoms with Gasteiger partial charge in [0.15, 0.2) is 0 Å². The molecule has 1 amide bonds. The first-order valence-corrected chi connectivity index (χ1v) is 9.27. The Morgan fingerprint density at radius 3 is 2.34 bits per heavy atom. The molecular weight excluding hydrogens is 364 g/mol. The minimum absolute atomic E-state index is 0.0947. The fourth-order valence-corrected chi connectivity index (χ4v) is 2.67. The molecule has 148 valence electrons. The molecule has 1 heterocycles. The molecule has 0 aliphatic heterocycles. The number of aromatic nitrogens is 2. The van der Waals surface area contributed by atoms with Crippen molar-refractivity contribution in [1.82, 2.24) is 15.4 Å². The number of hydrazone groups is 1. The van der Waals surface area contributed by atoms with Gasteiger partial charge in [0.2, 0.25) is 0 Å². The Hall–Kier alpha value is -3.54. The summed E-state index contributed by atoms with van der Waals surface area (Å²) in [5, 5.41) is 4.03. The molecule has 3 rings (SSSR count). The van der Waals surface area contributed by atoms with Gasteiger partial charge in [-0.2, -0.15) is 5.10 Å². The Morgan fingerprint density at radius 1 is 1.03 bits per heavy atom. The van der Waals surface area contributed by atoms with Crippen LogP contribution in [0, 0.1) is 0 Å². The largest absolute Gasteiger partial charge is 0.497 e. The molecule has 2 aromatic carbocycles. The summed E-state index contributed by atoms with van der Waals surface area (Å²) >= 11 is 0. The van der Waals surface area contributed by atoms with Crippen LogP contribution in [0.2, 0.25) is 0 Å². The highest BCUT2D eigenvalue weighted by Gasteiger charge is 2.12. The van der Waals surface area contributed by atoms with Gasteiger partial charge in [0, 0.05) is 5.56 Å². The Balaban J connectivity index is 1.67. The van der Waals surface area contributed by atoms with Gasteiger partial charge in [-0.25, -0.2) is 10.4 Å². The minimum Gasteiger partial charge on any atom is -0.497 e. The van der Waals surface area contributed by atoms with E-state index in [0.29, 0.717) is 5.69 Å². The van der Waals surface area contributed by atoms with E-state index in [2.05, 4.69) is 53.4 Å². The SMILES string of the molecule is COc1ccc(-c2cncc(C(=O)N/N=C/c3ccc(C(C)(C)C)cc3)n2)cc1. The highest BCUT2D eigenvalue weighted by atomic mass is 16.5. The molecule has 0 spiro atoms. The Morgan fingerprint density at radius 2 is 1.72 bits per heavy atom. The fourth-order valence-electron chi connectivity index (χ4n) is 2.67. The van der Waals surface area contributed by atoms with Crippen LogP contribution in [0.15, 0.2) is 66.0 Å². The molecule has 0 atom stereocenters. The predicted octanol–water partition coefficient (Wildman–Crippen LogP) is 4.21. The highest BCUT2D eigenvalue weighted by molar-refractivity contribution is 5.93. The fraction of sp³-hybridized carbons (Fsp3) is 0.217. The number of methoxy groups -OCH3 is 1. The molecule has 29 heavy (non-hydrogen) atoms. The summed E-state index contributed by atoms with van der Waals surface area (Å²) in [6, 6.07) is 15.5. The van der Waals surface area contributed by atoms with Crippen LogP contribution in [0.1, 0.15) is 42.4 Å². The van der Waals surface area contributed by atoms with Crippen LogP contribution in [0.3, 0.4) is 0 Å². The second-order valence-corrected chi connectivity index (χ2v) is 7.59. The van der Waals surface area contributed by atoms with Gasteiger partial charge in [-0.1, -0.05) is 45.0 Å². The van der Waals surface area contributed by atoms with Crippen molar-refractivity contribution in [3.63, 3.8) is 0 Å². The first kappa shape index (κ1) is 20.2. The maximum Gasteiger partial charge on any atom is 0.291 e. The quantitative estimate of drug-likeness (QED) is 0.525. The average Bonchev–Trinajstić information content (AvgIpc) is 2.73. The van der Waals surface area contributed by atoms with Gasteiger partial charge in [0.25, 0.3) is 5.91 Å². The summed E-state index contributed by atoms with van der Waals surface area (Å²) in [5.41, 5.74) is 6.37. The van der Waals surface area contributed by atoms with E-state index in [0.717, 1.165) is 16.9 Å². The summed E-state index contributed by atoms with van der Waals surface area (Å²) < 4.78 is 5.15. The molecule has 0 aliphatic rings.